The summed E-state index contributed by atoms with van der Waals surface area (Å²) in [6.07, 6.45) is 5.11. The summed E-state index contributed by atoms with van der Waals surface area (Å²) in [5.74, 6) is 0.590. The summed E-state index contributed by atoms with van der Waals surface area (Å²) in [4.78, 5) is 0. The second kappa shape index (κ2) is 28.3. The van der Waals surface area contributed by atoms with Gasteiger partial charge < -0.3 is 29.9 Å². The van der Waals surface area contributed by atoms with Crippen molar-refractivity contribution in [2.24, 2.45) is 0 Å². The Morgan fingerprint density at radius 3 is 0.667 bits per heavy atom. The van der Waals surface area contributed by atoms with Crippen molar-refractivity contribution in [3.05, 3.63) is 117 Å². The van der Waals surface area contributed by atoms with Gasteiger partial charge in [0.15, 0.2) is 0 Å². The van der Waals surface area contributed by atoms with Gasteiger partial charge in [-0.1, -0.05) is 209 Å². The molecule has 66 heavy (non-hydrogen) atoms. The first-order chi connectivity index (χ1) is 29.1. The zero-order valence-electron chi connectivity index (χ0n) is 45.4. The fourth-order valence-electron chi connectivity index (χ4n) is 6.71. The van der Waals surface area contributed by atoms with Crippen molar-refractivity contribution >= 4 is 46.1 Å². The van der Waals surface area contributed by atoms with Crippen molar-refractivity contribution in [3.63, 3.8) is 0 Å². The molecule has 4 aromatic rings. The minimum Gasteiger partial charge on any atom is -0.872 e. The van der Waals surface area contributed by atoms with Crippen LogP contribution in [0.1, 0.15) is 195 Å². The average Bonchev–Trinajstić information content (AvgIpc) is 3.93. The molecule has 0 unspecified atom stereocenters. The van der Waals surface area contributed by atoms with E-state index in [1.807, 2.05) is 48.5 Å². The number of benzene rings is 4. The van der Waals surface area contributed by atoms with Gasteiger partial charge in [0.25, 0.3) is 0 Å². The van der Waals surface area contributed by atoms with E-state index in [2.05, 4.69) is 138 Å². The minimum atomic E-state index is -0.0803. The van der Waals surface area contributed by atoms with Gasteiger partial charge in [0.2, 0.25) is 0 Å². The molecule has 2 aliphatic rings. The van der Waals surface area contributed by atoms with Gasteiger partial charge in [-0.15, -0.1) is 23.0 Å². The molecular formula is C58H88Mg2O6. The van der Waals surface area contributed by atoms with Gasteiger partial charge in [-0.2, -0.15) is 0 Å². The van der Waals surface area contributed by atoms with Crippen molar-refractivity contribution in [3.8, 4) is 23.0 Å². The van der Waals surface area contributed by atoms with Gasteiger partial charge >= 0.3 is 46.1 Å². The van der Waals surface area contributed by atoms with E-state index in [9.17, 15) is 20.4 Å². The zero-order chi connectivity index (χ0) is 49.5. The zero-order valence-corrected chi connectivity index (χ0v) is 48.3. The van der Waals surface area contributed by atoms with Crippen molar-refractivity contribution in [1.29, 1.82) is 0 Å². The Morgan fingerprint density at radius 1 is 0.333 bits per heavy atom. The fraction of sp³-hybridized carbons (Fsp3) is 0.586. The second-order valence-electron chi connectivity index (χ2n) is 23.6. The molecular weight excluding hydrogens is 841 g/mol. The molecule has 0 aromatic heterocycles. The molecule has 0 aliphatic carbocycles. The van der Waals surface area contributed by atoms with Crippen LogP contribution in [-0.4, -0.2) is 72.5 Å². The largest absolute Gasteiger partial charge is 2.00 e. The molecule has 0 saturated carbocycles. The number of hydrogen-bond donors (Lipinski definition) is 0. The first-order valence-electron chi connectivity index (χ1n) is 23.4. The van der Waals surface area contributed by atoms with Crippen LogP contribution in [0.2, 0.25) is 0 Å². The van der Waals surface area contributed by atoms with Crippen molar-refractivity contribution < 1.29 is 29.9 Å². The van der Waals surface area contributed by atoms with E-state index < -0.39 is 0 Å². The SMILES string of the molecule is C1CCOC1.C1CCOC1.CC(C)(C)c1ccc([O-])cc1.CC(C)(C)c1ccc([O-])cc1.Cc1cc(C(C)(C)C)c([O-])c(C(C)(C)C)c1.Cc1cc(C(C)(C)C)c([O-])c(C(C)(C)C)c1.[Mg+2].[Mg+2]. The Hall–Kier alpha value is -2.47. The molecule has 6 nitrogen and oxygen atoms in total. The van der Waals surface area contributed by atoms with Crippen LogP contribution in [0.4, 0.5) is 0 Å². The Morgan fingerprint density at radius 2 is 0.530 bits per heavy atom. The standard InChI is InChI=1S/2C15H24O.2C10H14O.2C4H8O.2Mg/c2*1-10-8-11(14(2,3)4)13(16)12(9-10)15(5,6)7;2*1-10(2,3)8-4-6-9(11)7-5-8;2*1-2-4-5-3-1;;/h2*8-9,16H,1-7H3;2*4-7,11H,1-3H3;2*1-4H2;;/q;;;;;;2*+2/p-4. The van der Waals surface area contributed by atoms with Crippen LogP contribution in [-0.2, 0) is 42.0 Å². The summed E-state index contributed by atoms with van der Waals surface area (Å²) in [5, 5.41) is 46.3. The van der Waals surface area contributed by atoms with Gasteiger partial charge in [0.1, 0.15) is 0 Å². The summed E-state index contributed by atoms with van der Waals surface area (Å²) in [6.45, 7) is 46.0. The molecule has 6 rings (SSSR count). The number of rotatable bonds is 0. The number of aryl methyl sites for hydroxylation is 2. The van der Waals surface area contributed by atoms with Gasteiger partial charge in [-0.3, -0.25) is 0 Å². The predicted molar refractivity (Wildman–Crippen MR) is 277 cm³/mol. The molecule has 0 N–H and O–H groups in total. The molecule has 0 amide bonds. The normalized spacial score (nSPS) is 13.8. The van der Waals surface area contributed by atoms with E-state index in [0.29, 0.717) is 0 Å². The topological polar surface area (TPSA) is 111 Å². The molecule has 2 fully saturated rings. The van der Waals surface area contributed by atoms with Crippen LogP contribution >= 0.6 is 0 Å². The van der Waals surface area contributed by atoms with Crippen LogP contribution in [0, 0.1) is 13.8 Å². The Kier molecular flexibility index (Phi) is 28.1. The Balaban J connectivity index is 0. The molecule has 360 valence electrons. The van der Waals surface area contributed by atoms with E-state index in [1.165, 1.54) is 47.9 Å². The van der Waals surface area contributed by atoms with E-state index in [0.717, 1.165) is 48.7 Å². The molecule has 0 atom stereocenters. The fourth-order valence-corrected chi connectivity index (χ4v) is 6.71. The maximum Gasteiger partial charge on any atom is 2.00 e. The Bertz CT molecular complexity index is 1720. The Labute approximate surface area is 436 Å². The van der Waals surface area contributed by atoms with Crippen LogP contribution in [0.15, 0.2) is 72.8 Å². The summed E-state index contributed by atoms with van der Waals surface area (Å²) >= 11 is 0. The summed E-state index contributed by atoms with van der Waals surface area (Å²) < 4.78 is 9.89. The van der Waals surface area contributed by atoms with Crippen molar-refractivity contribution in [2.45, 2.75) is 197 Å². The molecule has 2 heterocycles. The van der Waals surface area contributed by atoms with Crippen LogP contribution in [0.5, 0.6) is 23.0 Å². The minimum absolute atomic E-state index is 0. The van der Waals surface area contributed by atoms with Gasteiger partial charge in [0.05, 0.1) is 0 Å². The number of hydrogen-bond acceptors (Lipinski definition) is 6. The quantitative estimate of drug-likeness (QED) is 0.162. The van der Waals surface area contributed by atoms with Gasteiger partial charge in [-0.05, 0) is 105 Å². The molecule has 0 bridgehead atoms. The first-order valence-corrected chi connectivity index (χ1v) is 23.4. The summed E-state index contributed by atoms with van der Waals surface area (Å²) in [7, 11) is 0. The molecule has 0 spiro atoms. The first kappa shape index (κ1) is 65.6. The van der Waals surface area contributed by atoms with Crippen LogP contribution < -0.4 is 20.4 Å². The molecule has 8 heteroatoms. The molecule has 2 saturated heterocycles. The number of ether oxygens (including phenoxy) is 2. The summed E-state index contributed by atoms with van der Waals surface area (Å²) in [5.41, 5.74) is 8.45. The third-order valence-electron chi connectivity index (χ3n) is 10.8. The predicted octanol–water partition coefficient (Wildman–Crippen LogP) is 12.3. The van der Waals surface area contributed by atoms with E-state index in [4.69, 9.17) is 9.47 Å². The molecule has 4 aromatic carbocycles. The van der Waals surface area contributed by atoms with Crippen molar-refractivity contribution in [2.75, 3.05) is 26.4 Å². The molecule has 2 aliphatic heterocycles. The van der Waals surface area contributed by atoms with Crippen molar-refractivity contribution in [1.82, 2.24) is 0 Å². The van der Waals surface area contributed by atoms with Gasteiger partial charge in [0, 0.05) is 26.4 Å². The maximum atomic E-state index is 12.4. The van der Waals surface area contributed by atoms with E-state index >= 15 is 0 Å². The molecule has 0 radical (unpaired) electrons. The monoisotopic (exact) mass is 929 g/mol. The second-order valence-corrected chi connectivity index (χ2v) is 23.6. The van der Waals surface area contributed by atoms with E-state index in [-0.39, 0.29) is 102 Å². The smallest absolute Gasteiger partial charge is 0.872 e. The van der Waals surface area contributed by atoms with Gasteiger partial charge in [-0.25, -0.2) is 0 Å². The third kappa shape index (κ3) is 24.7. The maximum absolute atomic E-state index is 12.4. The summed E-state index contributed by atoms with van der Waals surface area (Å²) in [6, 6.07) is 22.1. The average molecular weight is 930 g/mol. The van der Waals surface area contributed by atoms with Crippen LogP contribution in [0.3, 0.4) is 0 Å². The third-order valence-corrected chi connectivity index (χ3v) is 10.8. The van der Waals surface area contributed by atoms with E-state index in [1.54, 1.807) is 24.3 Å². The van der Waals surface area contributed by atoms with Crippen LogP contribution in [0.25, 0.3) is 0 Å².